The van der Waals surface area contributed by atoms with Crippen molar-refractivity contribution in [2.45, 2.75) is 57.0 Å². The molecule has 4 rings (SSSR count). The monoisotopic (exact) mass is 387 g/mol. The van der Waals surface area contributed by atoms with Gasteiger partial charge in [-0.3, -0.25) is 4.90 Å². The normalized spacial score (nSPS) is 28.7. The Morgan fingerprint density at radius 3 is 2.56 bits per heavy atom. The van der Waals surface area contributed by atoms with Crippen molar-refractivity contribution in [1.29, 1.82) is 0 Å². The van der Waals surface area contributed by atoms with Crippen LogP contribution in [0.5, 0.6) is 5.75 Å². The van der Waals surface area contributed by atoms with Crippen LogP contribution in [-0.2, 0) is 0 Å². The molecule has 1 saturated heterocycles. The van der Waals surface area contributed by atoms with E-state index in [1.165, 1.54) is 63.6 Å². The topological polar surface area (TPSA) is 36.5 Å². The van der Waals surface area contributed by atoms with Gasteiger partial charge in [-0.25, -0.2) is 0 Å². The number of nitrogens with zero attached hydrogens (tertiary/aromatic N) is 1. The molecule has 2 N–H and O–H groups in total. The van der Waals surface area contributed by atoms with Crippen LogP contribution >= 0.6 is 12.2 Å². The highest BCUT2D eigenvalue weighted by Crippen LogP contribution is 2.44. The molecule has 1 heterocycles. The number of benzene rings is 1. The average molecular weight is 388 g/mol. The summed E-state index contributed by atoms with van der Waals surface area (Å²) in [6.07, 6.45) is 9.46. The van der Waals surface area contributed by atoms with Crippen molar-refractivity contribution < 1.29 is 4.74 Å². The number of fused-ring (bicyclic) bond motifs is 2. The third kappa shape index (κ3) is 4.57. The zero-order valence-electron chi connectivity index (χ0n) is 16.5. The fourth-order valence-corrected chi connectivity index (χ4v) is 5.58. The van der Waals surface area contributed by atoms with Crippen LogP contribution < -0.4 is 15.4 Å². The van der Waals surface area contributed by atoms with Crippen molar-refractivity contribution in [3.05, 3.63) is 29.8 Å². The van der Waals surface area contributed by atoms with E-state index in [0.29, 0.717) is 12.1 Å². The maximum atomic E-state index is 5.65. The molecule has 27 heavy (non-hydrogen) atoms. The molecule has 4 nitrogen and oxygen atoms in total. The average Bonchev–Trinajstić information content (AvgIpc) is 3.32. The molecule has 0 unspecified atom stereocenters. The molecule has 2 bridgehead atoms. The standard InChI is InChI=1S/C22H33N3OS/c1-26-19-9-7-17(8-10-19)21(25-11-3-2-4-12-25)15-23-22(27)24-20-14-16-5-6-18(20)13-16/h7-10,16,18,20-21H,2-6,11-15H2,1H3,(H2,23,24,27)/t16-,18-,20-,21-/m0/s1. The van der Waals surface area contributed by atoms with Crippen molar-refractivity contribution in [2.75, 3.05) is 26.7 Å². The third-order valence-corrected chi connectivity index (χ3v) is 7.10. The van der Waals surface area contributed by atoms with Crippen LogP contribution in [0.25, 0.3) is 0 Å². The van der Waals surface area contributed by atoms with Crippen molar-refractivity contribution >= 4 is 17.3 Å². The van der Waals surface area contributed by atoms with E-state index < -0.39 is 0 Å². The summed E-state index contributed by atoms with van der Waals surface area (Å²) in [5, 5.41) is 8.00. The number of methoxy groups -OCH3 is 1. The highest BCUT2D eigenvalue weighted by molar-refractivity contribution is 7.80. The molecule has 3 aliphatic rings. The minimum Gasteiger partial charge on any atom is -0.497 e. The second-order valence-electron chi connectivity index (χ2n) is 8.52. The molecule has 1 aromatic rings. The molecule has 0 spiro atoms. The van der Waals surface area contributed by atoms with Crippen LogP contribution in [0, 0.1) is 11.8 Å². The van der Waals surface area contributed by atoms with Gasteiger partial charge in [-0.15, -0.1) is 0 Å². The fraction of sp³-hybridized carbons (Fsp3) is 0.682. The van der Waals surface area contributed by atoms with E-state index in [1.807, 2.05) is 0 Å². The van der Waals surface area contributed by atoms with E-state index in [4.69, 9.17) is 17.0 Å². The van der Waals surface area contributed by atoms with Gasteiger partial charge in [-0.2, -0.15) is 0 Å². The second kappa shape index (κ2) is 8.78. The van der Waals surface area contributed by atoms with Gasteiger partial charge in [0.1, 0.15) is 5.75 Å². The molecule has 148 valence electrons. The Morgan fingerprint density at radius 1 is 1.15 bits per heavy atom. The Labute approximate surface area is 169 Å². The summed E-state index contributed by atoms with van der Waals surface area (Å²) in [4.78, 5) is 2.61. The van der Waals surface area contributed by atoms with Gasteiger partial charge in [0.25, 0.3) is 0 Å². The van der Waals surface area contributed by atoms with Crippen LogP contribution in [0.3, 0.4) is 0 Å². The Morgan fingerprint density at radius 2 is 1.93 bits per heavy atom. The number of rotatable bonds is 6. The minimum atomic E-state index is 0.357. The highest BCUT2D eigenvalue weighted by atomic mass is 32.1. The summed E-state index contributed by atoms with van der Waals surface area (Å²) in [5.74, 6) is 2.70. The number of likely N-dealkylation sites (tertiary alicyclic amines) is 1. The van der Waals surface area contributed by atoms with Gasteiger partial charge in [0, 0.05) is 12.6 Å². The van der Waals surface area contributed by atoms with Gasteiger partial charge in [0.2, 0.25) is 0 Å². The fourth-order valence-electron chi connectivity index (χ4n) is 5.34. The van der Waals surface area contributed by atoms with Crippen LogP contribution in [0.4, 0.5) is 0 Å². The van der Waals surface area contributed by atoms with E-state index in [1.54, 1.807) is 7.11 Å². The molecule has 0 amide bonds. The van der Waals surface area contributed by atoms with Crippen molar-refractivity contribution in [3.8, 4) is 5.75 Å². The quantitative estimate of drug-likeness (QED) is 0.725. The summed E-state index contributed by atoms with van der Waals surface area (Å²) in [5.41, 5.74) is 1.34. The Kier molecular flexibility index (Phi) is 6.18. The molecule has 1 aliphatic heterocycles. The first-order chi connectivity index (χ1) is 13.2. The van der Waals surface area contributed by atoms with Crippen molar-refractivity contribution in [1.82, 2.24) is 15.5 Å². The van der Waals surface area contributed by atoms with Gasteiger partial charge in [-0.05, 0) is 86.9 Å². The largest absolute Gasteiger partial charge is 0.497 e. The predicted molar refractivity (Wildman–Crippen MR) is 114 cm³/mol. The van der Waals surface area contributed by atoms with Gasteiger partial charge in [0.05, 0.1) is 13.2 Å². The molecule has 2 saturated carbocycles. The summed E-state index contributed by atoms with van der Waals surface area (Å²) < 4.78 is 5.33. The van der Waals surface area contributed by atoms with Gasteiger partial charge in [-0.1, -0.05) is 25.0 Å². The summed E-state index contributed by atoms with van der Waals surface area (Å²) >= 11 is 5.65. The number of piperidine rings is 1. The van der Waals surface area contributed by atoms with Gasteiger partial charge in [0.15, 0.2) is 5.11 Å². The van der Waals surface area contributed by atoms with E-state index in [9.17, 15) is 0 Å². The molecule has 1 aromatic carbocycles. The first-order valence-electron chi connectivity index (χ1n) is 10.7. The second-order valence-corrected chi connectivity index (χ2v) is 8.93. The first kappa shape index (κ1) is 19.0. The molecule has 5 heteroatoms. The zero-order valence-corrected chi connectivity index (χ0v) is 17.3. The maximum Gasteiger partial charge on any atom is 0.166 e. The number of hydrogen-bond acceptors (Lipinski definition) is 3. The van der Waals surface area contributed by atoms with E-state index in [-0.39, 0.29) is 0 Å². The number of ether oxygens (including phenoxy) is 1. The maximum absolute atomic E-state index is 5.65. The van der Waals surface area contributed by atoms with Crippen LogP contribution in [-0.4, -0.2) is 42.8 Å². The van der Waals surface area contributed by atoms with Crippen LogP contribution in [0.15, 0.2) is 24.3 Å². The van der Waals surface area contributed by atoms with E-state index in [0.717, 1.165) is 29.2 Å². The molecule has 4 atom stereocenters. The predicted octanol–water partition coefficient (Wildman–Crippen LogP) is 3.87. The van der Waals surface area contributed by atoms with Crippen molar-refractivity contribution in [3.63, 3.8) is 0 Å². The Hall–Kier alpha value is -1.33. The molecule has 0 radical (unpaired) electrons. The van der Waals surface area contributed by atoms with E-state index in [2.05, 4.69) is 39.8 Å². The molecule has 0 aromatic heterocycles. The minimum absolute atomic E-state index is 0.357. The van der Waals surface area contributed by atoms with E-state index >= 15 is 0 Å². The lowest BCUT2D eigenvalue weighted by molar-refractivity contribution is 0.164. The third-order valence-electron chi connectivity index (χ3n) is 6.84. The molecular weight excluding hydrogens is 354 g/mol. The lowest BCUT2D eigenvalue weighted by Gasteiger charge is -2.35. The lowest BCUT2D eigenvalue weighted by atomic mass is 9.95. The van der Waals surface area contributed by atoms with Crippen molar-refractivity contribution in [2.24, 2.45) is 11.8 Å². The number of thiocarbonyl (C=S) groups is 1. The highest BCUT2D eigenvalue weighted by Gasteiger charge is 2.39. The first-order valence-corrected chi connectivity index (χ1v) is 11.1. The van der Waals surface area contributed by atoms with Gasteiger partial charge < -0.3 is 15.4 Å². The Bertz CT molecular complexity index is 629. The smallest absolute Gasteiger partial charge is 0.166 e. The summed E-state index contributed by atoms with van der Waals surface area (Å²) in [7, 11) is 1.72. The summed E-state index contributed by atoms with van der Waals surface area (Å²) in [6.45, 7) is 3.20. The molecular formula is C22H33N3OS. The molecule has 3 fully saturated rings. The van der Waals surface area contributed by atoms with Crippen LogP contribution in [0.1, 0.15) is 56.6 Å². The molecule has 2 aliphatic carbocycles. The summed E-state index contributed by atoms with van der Waals surface area (Å²) in [6, 6.07) is 9.49. The van der Waals surface area contributed by atoms with Gasteiger partial charge >= 0.3 is 0 Å². The number of hydrogen-bond donors (Lipinski definition) is 2. The zero-order chi connectivity index (χ0) is 18.6. The Balaban J connectivity index is 1.36. The number of nitrogens with one attached hydrogen (secondary N) is 2. The lowest BCUT2D eigenvalue weighted by Crippen LogP contribution is -2.47. The SMILES string of the molecule is COc1ccc([C@H](CNC(=S)N[C@H]2C[C@H]3CC[C@H]2C3)N2CCCCC2)cc1. The van der Waals surface area contributed by atoms with Crippen LogP contribution in [0.2, 0.25) is 0 Å².